The van der Waals surface area contributed by atoms with Crippen LogP contribution >= 0.6 is 0 Å². The number of hydrogen-bond donors (Lipinski definition) is 0. The summed E-state index contributed by atoms with van der Waals surface area (Å²) in [6.45, 7) is 6.40. The van der Waals surface area contributed by atoms with E-state index in [1.165, 1.54) is 96.3 Å². The fourth-order valence-electron chi connectivity index (χ4n) is 6.78. The molecular formula is C54H92O6. The van der Waals surface area contributed by atoms with Gasteiger partial charge in [0.25, 0.3) is 0 Å². The zero-order valence-corrected chi connectivity index (χ0v) is 39.2. The molecule has 0 aliphatic heterocycles. The molecule has 0 radical (unpaired) electrons. The summed E-state index contributed by atoms with van der Waals surface area (Å²) in [5, 5.41) is 0. The lowest BCUT2D eigenvalue weighted by molar-refractivity contribution is -0.167. The van der Waals surface area contributed by atoms with Gasteiger partial charge in [-0.1, -0.05) is 229 Å². The van der Waals surface area contributed by atoms with Gasteiger partial charge in [-0.15, -0.1) is 0 Å². The Bertz CT molecular complexity index is 1140. The zero-order chi connectivity index (χ0) is 43.7. The third-order valence-corrected chi connectivity index (χ3v) is 10.6. The van der Waals surface area contributed by atoms with Crippen molar-refractivity contribution in [3.8, 4) is 0 Å². The number of hydrogen-bond acceptors (Lipinski definition) is 6. The Labute approximate surface area is 370 Å². The molecule has 0 aromatic heterocycles. The van der Waals surface area contributed by atoms with Gasteiger partial charge in [0, 0.05) is 19.3 Å². The summed E-state index contributed by atoms with van der Waals surface area (Å²) >= 11 is 0. The first-order valence-corrected chi connectivity index (χ1v) is 25.0. The van der Waals surface area contributed by atoms with Gasteiger partial charge in [0.2, 0.25) is 0 Å². The lowest BCUT2D eigenvalue weighted by Crippen LogP contribution is -2.30. The second-order valence-electron chi connectivity index (χ2n) is 16.5. The summed E-state index contributed by atoms with van der Waals surface area (Å²) in [4.78, 5) is 37.9. The van der Waals surface area contributed by atoms with Crippen LogP contribution in [0, 0.1) is 0 Å². The van der Waals surface area contributed by atoms with E-state index in [1.54, 1.807) is 0 Å². The van der Waals surface area contributed by atoms with Crippen LogP contribution in [0.15, 0.2) is 72.9 Å². The van der Waals surface area contributed by atoms with E-state index in [0.717, 1.165) is 96.3 Å². The quantitative estimate of drug-likeness (QED) is 0.0263. The van der Waals surface area contributed by atoms with Crippen molar-refractivity contribution in [1.29, 1.82) is 0 Å². The standard InChI is InChI=1S/C54H92O6/c1-4-7-10-13-16-19-22-24-26-28-29-32-35-38-41-44-47-53(56)59-50-51(49-58-52(55)46-43-40-37-34-31-21-18-15-12-9-6-3)60-54(57)48-45-42-39-36-33-30-27-25-23-20-17-14-11-8-5-2/h8,11,14-15,17-18,20-21,23,25,27,31,51H,4-7,9-10,12-13,16,19,22,24,26,28-30,32-50H2,1-3H3/b11-8-,17-14-,18-15-,23-20-,27-25-,31-21-. The highest BCUT2D eigenvalue weighted by Gasteiger charge is 2.19. The topological polar surface area (TPSA) is 78.9 Å². The van der Waals surface area contributed by atoms with Crippen molar-refractivity contribution in [2.45, 2.75) is 239 Å². The maximum Gasteiger partial charge on any atom is 0.306 e. The fourth-order valence-corrected chi connectivity index (χ4v) is 6.78. The molecule has 0 aliphatic carbocycles. The van der Waals surface area contributed by atoms with Gasteiger partial charge < -0.3 is 14.2 Å². The lowest BCUT2D eigenvalue weighted by atomic mass is 10.0. The van der Waals surface area contributed by atoms with Gasteiger partial charge in [0.1, 0.15) is 13.2 Å². The third kappa shape index (κ3) is 45.9. The van der Waals surface area contributed by atoms with E-state index in [9.17, 15) is 14.4 Å². The molecule has 6 nitrogen and oxygen atoms in total. The van der Waals surface area contributed by atoms with Crippen LogP contribution in [0.4, 0.5) is 0 Å². The number of rotatable bonds is 44. The molecule has 0 fully saturated rings. The predicted molar refractivity (Wildman–Crippen MR) is 256 cm³/mol. The normalized spacial score (nSPS) is 12.7. The molecule has 0 amide bonds. The first-order chi connectivity index (χ1) is 29.5. The Morgan fingerprint density at radius 2 is 0.667 bits per heavy atom. The van der Waals surface area contributed by atoms with Crippen molar-refractivity contribution in [3.05, 3.63) is 72.9 Å². The molecule has 0 saturated heterocycles. The van der Waals surface area contributed by atoms with E-state index >= 15 is 0 Å². The number of esters is 3. The molecule has 1 atom stereocenters. The van der Waals surface area contributed by atoms with Crippen molar-refractivity contribution >= 4 is 17.9 Å². The van der Waals surface area contributed by atoms with E-state index < -0.39 is 6.10 Å². The monoisotopic (exact) mass is 837 g/mol. The Hall–Kier alpha value is -3.15. The minimum Gasteiger partial charge on any atom is -0.462 e. The average Bonchev–Trinajstić information content (AvgIpc) is 3.24. The Morgan fingerprint density at radius 3 is 1.10 bits per heavy atom. The molecule has 0 aromatic carbocycles. The molecular weight excluding hydrogens is 745 g/mol. The summed E-state index contributed by atoms with van der Waals surface area (Å²) in [6.07, 6.45) is 60.3. The van der Waals surface area contributed by atoms with E-state index in [4.69, 9.17) is 14.2 Å². The SMILES string of the molecule is CC\C=C/C=C\C=C/C=C\CCCCCCCC(=O)OC(COC(=O)CCCCC/C=C\C=C/CCCC)COC(=O)CCCCCCCCCCCCCCCCCC. The molecule has 6 heteroatoms. The molecule has 0 aromatic rings. The Kier molecular flexibility index (Phi) is 46.0. The Balaban J connectivity index is 4.42. The van der Waals surface area contributed by atoms with Gasteiger partial charge in [0.15, 0.2) is 6.10 Å². The van der Waals surface area contributed by atoms with Crippen molar-refractivity contribution in [2.24, 2.45) is 0 Å². The van der Waals surface area contributed by atoms with E-state index in [0.29, 0.717) is 19.3 Å². The van der Waals surface area contributed by atoms with E-state index in [-0.39, 0.29) is 31.1 Å². The van der Waals surface area contributed by atoms with Crippen LogP contribution in [-0.2, 0) is 28.6 Å². The van der Waals surface area contributed by atoms with Gasteiger partial charge in [-0.05, 0) is 57.8 Å². The van der Waals surface area contributed by atoms with E-state index in [2.05, 4.69) is 75.5 Å². The third-order valence-electron chi connectivity index (χ3n) is 10.6. The molecule has 0 bridgehead atoms. The van der Waals surface area contributed by atoms with Crippen molar-refractivity contribution in [2.75, 3.05) is 13.2 Å². The van der Waals surface area contributed by atoms with Crippen LogP contribution in [0.1, 0.15) is 233 Å². The van der Waals surface area contributed by atoms with Crippen LogP contribution < -0.4 is 0 Å². The maximum atomic E-state index is 12.8. The first kappa shape index (κ1) is 56.9. The van der Waals surface area contributed by atoms with Crippen molar-refractivity contribution in [1.82, 2.24) is 0 Å². The molecule has 344 valence electrons. The number of ether oxygens (including phenoxy) is 3. The minimum absolute atomic E-state index is 0.0924. The van der Waals surface area contributed by atoms with Crippen LogP contribution in [-0.4, -0.2) is 37.2 Å². The minimum atomic E-state index is -0.796. The van der Waals surface area contributed by atoms with Crippen LogP contribution in [0.5, 0.6) is 0 Å². The van der Waals surface area contributed by atoms with Gasteiger partial charge in [-0.3, -0.25) is 14.4 Å². The summed E-state index contributed by atoms with van der Waals surface area (Å²) in [7, 11) is 0. The molecule has 0 heterocycles. The molecule has 0 aliphatic rings. The summed E-state index contributed by atoms with van der Waals surface area (Å²) in [5.41, 5.74) is 0. The number of unbranched alkanes of at least 4 members (excludes halogenated alkanes) is 25. The summed E-state index contributed by atoms with van der Waals surface area (Å²) < 4.78 is 16.7. The lowest BCUT2D eigenvalue weighted by Gasteiger charge is -2.18. The molecule has 0 N–H and O–H groups in total. The molecule has 1 unspecified atom stereocenters. The second kappa shape index (κ2) is 48.5. The van der Waals surface area contributed by atoms with Crippen molar-refractivity contribution in [3.63, 3.8) is 0 Å². The van der Waals surface area contributed by atoms with Crippen LogP contribution in [0.25, 0.3) is 0 Å². The van der Waals surface area contributed by atoms with Crippen molar-refractivity contribution < 1.29 is 28.6 Å². The molecule has 0 spiro atoms. The van der Waals surface area contributed by atoms with Gasteiger partial charge in [-0.25, -0.2) is 0 Å². The largest absolute Gasteiger partial charge is 0.462 e. The average molecular weight is 837 g/mol. The molecule has 0 rings (SSSR count). The van der Waals surface area contributed by atoms with Gasteiger partial charge in [0.05, 0.1) is 0 Å². The molecule has 0 saturated carbocycles. The highest BCUT2D eigenvalue weighted by Crippen LogP contribution is 2.15. The zero-order valence-electron chi connectivity index (χ0n) is 39.2. The summed E-state index contributed by atoms with van der Waals surface area (Å²) in [5.74, 6) is -0.944. The number of carbonyl (C=O) groups is 3. The summed E-state index contributed by atoms with van der Waals surface area (Å²) in [6, 6.07) is 0. The van der Waals surface area contributed by atoms with Gasteiger partial charge >= 0.3 is 17.9 Å². The van der Waals surface area contributed by atoms with Crippen LogP contribution in [0.2, 0.25) is 0 Å². The first-order valence-electron chi connectivity index (χ1n) is 25.0. The number of carbonyl (C=O) groups excluding carboxylic acids is 3. The fraction of sp³-hybridized carbons (Fsp3) is 0.722. The van der Waals surface area contributed by atoms with Crippen LogP contribution in [0.3, 0.4) is 0 Å². The maximum absolute atomic E-state index is 12.8. The highest BCUT2D eigenvalue weighted by atomic mass is 16.6. The van der Waals surface area contributed by atoms with Gasteiger partial charge in [-0.2, -0.15) is 0 Å². The Morgan fingerprint density at radius 1 is 0.350 bits per heavy atom. The predicted octanol–water partition coefficient (Wildman–Crippen LogP) is 16.3. The van der Waals surface area contributed by atoms with E-state index in [1.807, 2.05) is 18.2 Å². The smallest absolute Gasteiger partial charge is 0.306 e. The number of allylic oxidation sites excluding steroid dienone is 12. The second-order valence-corrected chi connectivity index (χ2v) is 16.5. The highest BCUT2D eigenvalue weighted by molar-refractivity contribution is 5.71. The molecule has 60 heavy (non-hydrogen) atoms.